The first-order valence-electron chi connectivity index (χ1n) is 15.0. The molecular weight excluding hydrogens is 613 g/mol. The van der Waals surface area contributed by atoms with Crippen LogP contribution in [0.2, 0.25) is 5.02 Å². The van der Waals surface area contributed by atoms with Crippen LogP contribution in [-0.2, 0) is 29.6 Å². The summed E-state index contributed by atoms with van der Waals surface area (Å²) >= 11 is 6.12. The average molecular weight is 649 g/mol. The second kappa shape index (κ2) is 13.8. The molecule has 2 aromatic carbocycles. The summed E-state index contributed by atoms with van der Waals surface area (Å²) in [5, 5.41) is 0.558. The maximum Gasteiger partial charge on any atom is 0.573 e. The lowest BCUT2D eigenvalue weighted by molar-refractivity contribution is -0.274. The standard InChI is InChI=1S/C32H36ClF3N4O5/c1-20(23-8-6-9-25(18-23)45-32(34,35)36)21(2)28-37-29-27(40(28)19-22-11-13-24(33)14-12-22)30(41)39(31(42)38(29)3)15-7-17-44-26-10-4-5-16-43-26/h6,8-9,11-14,18,20-21,26H,4-5,7,10,15-17,19H2,1-3H3. The summed E-state index contributed by atoms with van der Waals surface area (Å²) in [5.74, 6) is -0.520. The number of fused-ring (bicyclic) bond motifs is 1. The van der Waals surface area contributed by atoms with Gasteiger partial charge in [0.2, 0.25) is 0 Å². The van der Waals surface area contributed by atoms with Gasteiger partial charge in [0, 0.05) is 37.7 Å². The molecule has 0 N–H and O–H groups in total. The number of halogens is 4. The van der Waals surface area contributed by atoms with Gasteiger partial charge in [0.1, 0.15) is 11.6 Å². The smallest absolute Gasteiger partial charge is 0.406 e. The van der Waals surface area contributed by atoms with Gasteiger partial charge in [0.05, 0.1) is 6.61 Å². The number of rotatable bonds is 11. The molecule has 0 aliphatic carbocycles. The van der Waals surface area contributed by atoms with E-state index in [0.717, 1.165) is 24.8 Å². The van der Waals surface area contributed by atoms with Crippen LogP contribution in [0, 0.1) is 0 Å². The molecular formula is C32H36ClF3N4O5. The highest BCUT2D eigenvalue weighted by Crippen LogP contribution is 2.35. The fourth-order valence-corrected chi connectivity index (χ4v) is 5.78. The van der Waals surface area contributed by atoms with Crippen molar-refractivity contribution in [3.05, 3.63) is 91.3 Å². The lowest BCUT2D eigenvalue weighted by Crippen LogP contribution is -2.40. The summed E-state index contributed by atoms with van der Waals surface area (Å²) in [6.45, 7) is 5.16. The molecule has 0 spiro atoms. The van der Waals surface area contributed by atoms with Crippen LogP contribution in [0.1, 0.15) is 68.3 Å². The third-order valence-corrected chi connectivity index (χ3v) is 8.51. The van der Waals surface area contributed by atoms with Crippen molar-refractivity contribution in [3.8, 4) is 5.75 Å². The first kappa shape index (κ1) is 32.8. The second-order valence-electron chi connectivity index (χ2n) is 11.4. The molecule has 1 saturated heterocycles. The summed E-state index contributed by atoms with van der Waals surface area (Å²) in [4.78, 5) is 32.2. The minimum absolute atomic E-state index is 0.146. The van der Waals surface area contributed by atoms with Crippen LogP contribution in [0.25, 0.3) is 11.2 Å². The third-order valence-electron chi connectivity index (χ3n) is 8.26. The van der Waals surface area contributed by atoms with Gasteiger partial charge >= 0.3 is 12.1 Å². The summed E-state index contributed by atoms with van der Waals surface area (Å²) < 4.78 is 58.6. The van der Waals surface area contributed by atoms with Gasteiger partial charge in [0.25, 0.3) is 5.56 Å². The number of aryl methyl sites for hydroxylation is 1. The molecule has 1 fully saturated rings. The highest BCUT2D eigenvalue weighted by molar-refractivity contribution is 6.30. The zero-order valence-corrected chi connectivity index (χ0v) is 26.1. The molecule has 9 nitrogen and oxygen atoms in total. The van der Waals surface area contributed by atoms with Crippen molar-refractivity contribution < 1.29 is 27.4 Å². The Morgan fingerprint density at radius 2 is 1.82 bits per heavy atom. The number of imidazole rings is 1. The zero-order valence-electron chi connectivity index (χ0n) is 25.3. The molecule has 3 atom stereocenters. The Hall–Kier alpha value is -3.61. The number of benzene rings is 2. The zero-order chi connectivity index (χ0) is 32.3. The third kappa shape index (κ3) is 7.62. The van der Waals surface area contributed by atoms with Crippen molar-refractivity contribution >= 4 is 22.8 Å². The van der Waals surface area contributed by atoms with Gasteiger partial charge in [-0.3, -0.25) is 13.9 Å². The van der Waals surface area contributed by atoms with Crippen molar-refractivity contribution in [2.24, 2.45) is 7.05 Å². The number of hydrogen-bond acceptors (Lipinski definition) is 6. The molecule has 4 aromatic rings. The Balaban J connectivity index is 1.52. The van der Waals surface area contributed by atoms with Gasteiger partial charge in [-0.15, -0.1) is 13.2 Å². The quantitative estimate of drug-likeness (QED) is 0.177. The molecule has 5 rings (SSSR count). The van der Waals surface area contributed by atoms with Gasteiger partial charge in [-0.1, -0.05) is 49.7 Å². The van der Waals surface area contributed by atoms with Crippen LogP contribution in [0.5, 0.6) is 5.75 Å². The molecule has 0 bridgehead atoms. The number of alkyl halides is 3. The molecule has 0 saturated carbocycles. The van der Waals surface area contributed by atoms with E-state index in [9.17, 15) is 22.8 Å². The molecule has 13 heteroatoms. The molecule has 1 aliphatic rings. The maximum atomic E-state index is 14.0. The van der Waals surface area contributed by atoms with Gasteiger partial charge in [-0.25, -0.2) is 9.78 Å². The van der Waals surface area contributed by atoms with Crippen molar-refractivity contribution in [3.63, 3.8) is 0 Å². The van der Waals surface area contributed by atoms with Gasteiger partial charge in [-0.05, 0) is 67.0 Å². The Bertz CT molecular complexity index is 1740. The Morgan fingerprint density at radius 1 is 1.07 bits per heavy atom. The Kier molecular flexibility index (Phi) is 10.0. The summed E-state index contributed by atoms with van der Waals surface area (Å²) in [7, 11) is 1.57. The van der Waals surface area contributed by atoms with Crippen LogP contribution < -0.4 is 16.0 Å². The normalized spacial score (nSPS) is 17.0. The van der Waals surface area contributed by atoms with E-state index in [4.69, 9.17) is 26.1 Å². The lowest BCUT2D eigenvalue weighted by Gasteiger charge is -2.22. The molecule has 242 valence electrons. The monoisotopic (exact) mass is 648 g/mol. The molecule has 3 unspecified atom stereocenters. The van der Waals surface area contributed by atoms with E-state index in [0.29, 0.717) is 36.0 Å². The molecule has 3 heterocycles. The first-order chi connectivity index (χ1) is 21.4. The van der Waals surface area contributed by atoms with Crippen LogP contribution in [-0.4, -0.2) is 44.6 Å². The average Bonchev–Trinajstić information content (AvgIpc) is 3.39. The number of hydrogen-bond donors (Lipinski definition) is 0. The predicted molar refractivity (Wildman–Crippen MR) is 164 cm³/mol. The number of ether oxygens (including phenoxy) is 3. The van der Waals surface area contributed by atoms with Crippen LogP contribution in [0.4, 0.5) is 13.2 Å². The predicted octanol–water partition coefficient (Wildman–Crippen LogP) is 6.34. The van der Waals surface area contributed by atoms with E-state index in [1.54, 1.807) is 29.8 Å². The largest absolute Gasteiger partial charge is 0.573 e. The number of nitrogens with zero attached hydrogens (tertiary/aromatic N) is 4. The van der Waals surface area contributed by atoms with E-state index in [1.807, 2.05) is 26.0 Å². The van der Waals surface area contributed by atoms with Gasteiger partial charge in [0.15, 0.2) is 17.5 Å². The lowest BCUT2D eigenvalue weighted by atomic mass is 9.88. The van der Waals surface area contributed by atoms with E-state index >= 15 is 0 Å². The maximum absolute atomic E-state index is 14.0. The van der Waals surface area contributed by atoms with Crippen molar-refractivity contribution in [1.29, 1.82) is 0 Å². The summed E-state index contributed by atoms with van der Waals surface area (Å²) in [6, 6.07) is 13.0. The van der Waals surface area contributed by atoms with Crippen molar-refractivity contribution in [2.45, 2.75) is 77.1 Å². The van der Waals surface area contributed by atoms with E-state index in [-0.39, 0.29) is 48.1 Å². The van der Waals surface area contributed by atoms with Crippen molar-refractivity contribution in [1.82, 2.24) is 18.7 Å². The van der Waals surface area contributed by atoms with Crippen LogP contribution >= 0.6 is 11.6 Å². The molecule has 2 aromatic heterocycles. The van der Waals surface area contributed by atoms with Crippen LogP contribution in [0.15, 0.2) is 58.1 Å². The topological polar surface area (TPSA) is 89.5 Å². The second-order valence-corrected chi connectivity index (χ2v) is 11.8. The first-order valence-corrected chi connectivity index (χ1v) is 15.3. The van der Waals surface area contributed by atoms with E-state index < -0.39 is 17.6 Å². The summed E-state index contributed by atoms with van der Waals surface area (Å²) in [5.41, 5.74) is 0.956. The van der Waals surface area contributed by atoms with Crippen LogP contribution in [0.3, 0.4) is 0 Å². The Labute approximate surface area is 263 Å². The molecule has 0 amide bonds. The Morgan fingerprint density at radius 3 is 2.51 bits per heavy atom. The molecule has 45 heavy (non-hydrogen) atoms. The van der Waals surface area contributed by atoms with Gasteiger partial charge in [-0.2, -0.15) is 0 Å². The summed E-state index contributed by atoms with van der Waals surface area (Å²) in [6.07, 6.45) is -1.80. The van der Waals surface area contributed by atoms with Crippen molar-refractivity contribution in [2.75, 3.05) is 13.2 Å². The minimum Gasteiger partial charge on any atom is -0.406 e. The highest BCUT2D eigenvalue weighted by Gasteiger charge is 2.32. The number of aromatic nitrogens is 4. The van der Waals surface area contributed by atoms with E-state index in [1.165, 1.54) is 27.3 Å². The minimum atomic E-state index is -4.82. The fraction of sp³-hybridized carbons (Fsp3) is 0.469. The fourth-order valence-electron chi connectivity index (χ4n) is 5.65. The SMILES string of the molecule is CC(c1cccc(OC(F)(F)F)c1)C(C)c1nc2c(c(=O)n(CCCOC3CCCCO3)c(=O)n2C)n1Cc1ccc(Cl)cc1. The van der Waals surface area contributed by atoms with Gasteiger partial charge < -0.3 is 18.8 Å². The molecule has 0 radical (unpaired) electrons. The molecule has 1 aliphatic heterocycles. The highest BCUT2D eigenvalue weighted by atomic mass is 35.5. The van der Waals surface area contributed by atoms with E-state index in [2.05, 4.69) is 4.74 Å².